The molecule has 4 aliphatic carbocycles. The van der Waals surface area contributed by atoms with Crippen molar-refractivity contribution in [1.29, 1.82) is 0 Å². The lowest BCUT2D eigenvalue weighted by atomic mass is 9.53. The van der Waals surface area contributed by atoms with Gasteiger partial charge in [-0.15, -0.1) is 0 Å². The fourth-order valence-electron chi connectivity index (χ4n) is 6.76. The van der Waals surface area contributed by atoms with Crippen molar-refractivity contribution in [2.24, 2.45) is 17.8 Å². The Morgan fingerprint density at radius 1 is 1.00 bits per heavy atom. The van der Waals surface area contributed by atoms with Gasteiger partial charge < -0.3 is 15.4 Å². The third kappa shape index (κ3) is 5.30. The van der Waals surface area contributed by atoms with Crippen LogP contribution in [0.1, 0.15) is 81.3 Å². The van der Waals surface area contributed by atoms with Gasteiger partial charge in [0, 0.05) is 23.5 Å². The van der Waals surface area contributed by atoms with Gasteiger partial charge in [0.2, 0.25) is 0 Å². The van der Waals surface area contributed by atoms with Crippen LogP contribution in [0.2, 0.25) is 0 Å². The number of carbonyl (C=O) groups excluding carboxylic acids is 1. The maximum atomic E-state index is 14.2. The monoisotopic (exact) mass is 502 g/mol. The minimum Gasteiger partial charge on any atom is -0.456 e. The van der Waals surface area contributed by atoms with Crippen LogP contribution in [0.4, 0.5) is 24.5 Å². The Bertz CT molecular complexity index is 1080. The van der Waals surface area contributed by atoms with Crippen molar-refractivity contribution in [2.75, 3.05) is 10.6 Å². The van der Waals surface area contributed by atoms with Crippen LogP contribution in [0.3, 0.4) is 0 Å². The number of anilines is 2. The molecule has 0 spiro atoms. The molecule has 9 heteroatoms. The molecule has 0 amide bonds. The van der Waals surface area contributed by atoms with Gasteiger partial charge in [0.25, 0.3) is 0 Å². The van der Waals surface area contributed by atoms with Gasteiger partial charge in [-0.3, -0.25) is 0 Å². The first-order chi connectivity index (χ1) is 16.9. The fourth-order valence-corrected chi connectivity index (χ4v) is 6.76. The highest BCUT2D eigenvalue weighted by molar-refractivity contribution is 5.92. The summed E-state index contributed by atoms with van der Waals surface area (Å²) in [6.07, 6.45) is 5.76. The van der Waals surface area contributed by atoms with E-state index in [-0.39, 0.29) is 22.4 Å². The van der Waals surface area contributed by atoms with Gasteiger partial charge in [-0.1, -0.05) is 0 Å². The maximum Gasteiger partial charge on any atom is 0.412 e. The average Bonchev–Trinajstić information content (AvgIpc) is 2.75. The molecular weight excluding hydrogens is 469 g/mol. The summed E-state index contributed by atoms with van der Waals surface area (Å²) in [6, 6.07) is 2.75. The number of alkyl halides is 3. The van der Waals surface area contributed by atoms with Gasteiger partial charge in [0.15, 0.2) is 6.04 Å². The normalized spacial score (nSPS) is 28.0. The largest absolute Gasteiger partial charge is 0.456 e. The third-order valence-electron chi connectivity index (χ3n) is 7.63. The zero-order valence-corrected chi connectivity index (χ0v) is 20.9. The first-order valence-corrected chi connectivity index (χ1v) is 12.6. The molecule has 6 nitrogen and oxygen atoms in total. The van der Waals surface area contributed by atoms with Crippen molar-refractivity contribution < 1.29 is 22.7 Å². The summed E-state index contributed by atoms with van der Waals surface area (Å²) in [5, 5.41) is 6.33. The second-order valence-electron chi connectivity index (χ2n) is 11.9. The van der Waals surface area contributed by atoms with Crippen LogP contribution in [-0.2, 0) is 4.74 Å². The maximum absolute atomic E-state index is 14.2. The van der Waals surface area contributed by atoms with E-state index in [0.29, 0.717) is 23.4 Å². The molecule has 4 aliphatic rings. The van der Waals surface area contributed by atoms with E-state index in [9.17, 15) is 18.0 Å². The molecule has 2 N–H and O–H groups in total. The van der Waals surface area contributed by atoms with Crippen LogP contribution in [0.5, 0.6) is 0 Å². The van der Waals surface area contributed by atoms with E-state index < -0.39 is 23.8 Å². The lowest BCUT2D eigenvalue weighted by molar-refractivity contribution is -0.144. The highest BCUT2D eigenvalue weighted by Crippen LogP contribution is 2.57. The van der Waals surface area contributed by atoms with Crippen LogP contribution < -0.4 is 10.6 Å². The van der Waals surface area contributed by atoms with Crippen LogP contribution in [0.25, 0.3) is 0 Å². The summed E-state index contributed by atoms with van der Waals surface area (Å²) in [4.78, 5) is 20.3. The first-order valence-electron chi connectivity index (χ1n) is 12.6. The number of hydrogen-bond donors (Lipinski definition) is 2. The van der Waals surface area contributed by atoms with Gasteiger partial charge in [-0.05, 0) is 95.2 Å². The third-order valence-corrected chi connectivity index (χ3v) is 7.63. The minimum absolute atomic E-state index is 0.103. The van der Waals surface area contributed by atoms with Gasteiger partial charge in [-0.2, -0.15) is 13.2 Å². The second kappa shape index (κ2) is 8.92. The van der Waals surface area contributed by atoms with Crippen molar-refractivity contribution in [3.63, 3.8) is 0 Å². The summed E-state index contributed by atoms with van der Waals surface area (Å²) >= 11 is 0. The number of esters is 1. The number of benzene rings is 1. The number of carbonyl (C=O) groups is 1. The van der Waals surface area contributed by atoms with Crippen molar-refractivity contribution in [2.45, 2.75) is 82.7 Å². The van der Waals surface area contributed by atoms with Crippen LogP contribution in [0, 0.1) is 17.8 Å². The molecule has 1 aromatic carbocycles. The number of aromatic nitrogens is 2. The zero-order valence-electron chi connectivity index (χ0n) is 20.9. The highest BCUT2D eigenvalue weighted by atomic mass is 19.4. The van der Waals surface area contributed by atoms with Crippen molar-refractivity contribution in [3.8, 4) is 0 Å². The lowest BCUT2D eigenvalue weighted by Crippen LogP contribution is -2.54. The Kier molecular flexibility index (Phi) is 6.16. The molecule has 1 unspecified atom stereocenters. The zero-order chi connectivity index (χ0) is 25.7. The molecule has 0 radical (unpaired) electrons. The lowest BCUT2D eigenvalue weighted by Gasteiger charge is -2.57. The second-order valence-corrected chi connectivity index (χ2v) is 11.9. The highest BCUT2D eigenvalue weighted by Gasteiger charge is 2.51. The Labute approximate surface area is 209 Å². The van der Waals surface area contributed by atoms with Crippen molar-refractivity contribution in [1.82, 2.24) is 9.97 Å². The topological polar surface area (TPSA) is 76.1 Å². The summed E-state index contributed by atoms with van der Waals surface area (Å²) in [6.45, 7) is 5.26. The van der Waals surface area contributed by atoms with Crippen LogP contribution in [-0.4, -0.2) is 33.3 Å². The van der Waals surface area contributed by atoms with Gasteiger partial charge in [0.1, 0.15) is 11.9 Å². The summed E-state index contributed by atoms with van der Waals surface area (Å²) in [5.41, 5.74) is 0.0107. The van der Waals surface area contributed by atoms with Crippen LogP contribution >= 0.6 is 0 Å². The number of nitrogens with one attached hydrogen (secondary N) is 2. The molecule has 1 atom stereocenters. The summed E-state index contributed by atoms with van der Waals surface area (Å²) in [5.74, 6) is 1.43. The fraction of sp³-hybridized carbons (Fsp3) is 0.593. The molecule has 2 aromatic rings. The van der Waals surface area contributed by atoms with Crippen LogP contribution in [0.15, 0.2) is 36.9 Å². The van der Waals surface area contributed by atoms with E-state index in [1.165, 1.54) is 31.7 Å². The van der Waals surface area contributed by atoms with E-state index in [4.69, 9.17) is 4.74 Å². The molecule has 0 aliphatic heterocycles. The summed E-state index contributed by atoms with van der Waals surface area (Å²) < 4.78 is 48.1. The molecule has 4 saturated carbocycles. The SMILES string of the molecule is CC(C)(C)OC(=O)c1ccc(NC23CC4CC(CC(C4)C2)C3)c(NC(c2cncnc2)C(F)(F)F)c1. The smallest absolute Gasteiger partial charge is 0.412 e. The van der Waals surface area contributed by atoms with Crippen molar-refractivity contribution in [3.05, 3.63) is 48.0 Å². The predicted molar refractivity (Wildman–Crippen MR) is 131 cm³/mol. The number of halogens is 3. The van der Waals surface area contributed by atoms with E-state index in [0.717, 1.165) is 31.7 Å². The average molecular weight is 503 g/mol. The molecule has 4 bridgehead atoms. The number of nitrogens with zero attached hydrogens (tertiary/aromatic N) is 2. The number of rotatable bonds is 6. The molecule has 1 aromatic heterocycles. The van der Waals surface area contributed by atoms with E-state index in [1.54, 1.807) is 32.9 Å². The Morgan fingerprint density at radius 3 is 2.11 bits per heavy atom. The molecule has 36 heavy (non-hydrogen) atoms. The first kappa shape index (κ1) is 24.8. The summed E-state index contributed by atoms with van der Waals surface area (Å²) in [7, 11) is 0. The predicted octanol–water partition coefficient (Wildman–Crippen LogP) is 6.53. The molecular formula is C27H33F3N4O2. The Hall–Kier alpha value is -2.84. The van der Waals surface area contributed by atoms with E-state index >= 15 is 0 Å². The molecule has 4 fully saturated rings. The number of ether oxygens (including phenoxy) is 1. The van der Waals surface area contributed by atoms with Gasteiger partial charge >= 0.3 is 12.1 Å². The number of hydrogen-bond acceptors (Lipinski definition) is 6. The Balaban J connectivity index is 1.50. The quantitative estimate of drug-likeness (QED) is 0.438. The molecule has 6 rings (SSSR count). The molecule has 0 saturated heterocycles. The molecule has 1 heterocycles. The standard InChI is InChI=1S/C27H33F3N4O2/c1-25(2,3)36-24(35)19-4-5-21(34-26-10-16-6-17(11-26)8-18(7-16)12-26)22(9-19)33-23(27(28,29)30)20-13-31-15-32-14-20/h4-5,9,13-18,23,33-34H,6-8,10-12H2,1-3H3. The van der Waals surface area contributed by atoms with E-state index in [2.05, 4.69) is 20.6 Å². The van der Waals surface area contributed by atoms with Crippen molar-refractivity contribution >= 4 is 17.3 Å². The van der Waals surface area contributed by atoms with Gasteiger partial charge in [0.05, 0.1) is 16.9 Å². The van der Waals surface area contributed by atoms with Gasteiger partial charge in [-0.25, -0.2) is 14.8 Å². The van der Waals surface area contributed by atoms with E-state index in [1.807, 2.05) is 0 Å². The molecule has 194 valence electrons. The Morgan fingerprint density at radius 2 is 1.58 bits per heavy atom. The minimum atomic E-state index is -4.61.